The molecular weight excluding hydrogens is 272 g/mol. The third kappa shape index (κ3) is 2.79. The molecule has 0 saturated heterocycles. The van der Waals surface area contributed by atoms with E-state index in [4.69, 9.17) is 17.3 Å². The summed E-state index contributed by atoms with van der Waals surface area (Å²) >= 11 is 5.86. The average Bonchev–Trinajstić information content (AvgIpc) is 3.00. The molecule has 18 heavy (non-hydrogen) atoms. The van der Waals surface area contributed by atoms with Crippen molar-refractivity contribution in [2.75, 3.05) is 12.3 Å². The fourth-order valence-electron chi connectivity index (χ4n) is 1.69. The van der Waals surface area contributed by atoms with E-state index in [1.165, 1.54) is 6.07 Å². The van der Waals surface area contributed by atoms with Gasteiger partial charge < -0.3 is 5.73 Å². The van der Waals surface area contributed by atoms with Gasteiger partial charge in [-0.3, -0.25) is 0 Å². The van der Waals surface area contributed by atoms with Gasteiger partial charge in [-0.1, -0.05) is 18.5 Å². The Kier molecular flexibility index (Phi) is 3.34. The molecule has 2 rings (SSSR count). The molecule has 1 aliphatic rings. The normalized spacial score (nSPS) is 17.7. The summed E-state index contributed by atoms with van der Waals surface area (Å²) < 4.78 is 27.0. The number of hydrogen-bond acceptors (Lipinski definition) is 3. The van der Waals surface area contributed by atoms with Crippen LogP contribution >= 0.6 is 11.6 Å². The molecule has 0 atom stereocenters. The lowest BCUT2D eigenvalue weighted by atomic mass is 10.2. The lowest BCUT2D eigenvalue weighted by molar-refractivity contribution is 0.530. The molecule has 0 radical (unpaired) electrons. The zero-order valence-electron chi connectivity index (χ0n) is 10.5. The van der Waals surface area contributed by atoms with E-state index in [-0.39, 0.29) is 10.3 Å². The van der Waals surface area contributed by atoms with Crippen LogP contribution in [0.3, 0.4) is 0 Å². The second-order valence-corrected chi connectivity index (χ2v) is 7.43. The van der Waals surface area contributed by atoms with E-state index in [0.717, 1.165) is 12.8 Å². The van der Waals surface area contributed by atoms with Gasteiger partial charge in [0.05, 0.1) is 4.90 Å². The molecule has 3 N–H and O–H groups in total. The van der Waals surface area contributed by atoms with Crippen LogP contribution in [0.15, 0.2) is 17.0 Å². The summed E-state index contributed by atoms with van der Waals surface area (Å²) in [6.45, 7) is 4.20. The third-order valence-electron chi connectivity index (χ3n) is 3.45. The number of sulfonamides is 1. The summed E-state index contributed by atoms with van der Waals surface area (Å²) in [5, 5.41) is 0.330. The van der Waals surface area contributed by atoms with E-state index in [9.17, 15) is 8.42 Å². The van der Waals surface area contributed by atoms with Crippen molar-refractivity contribution in [1.82, 2.24) is 4.72 Å². The lowest BCUT2D eigenvalue weighted by Crippen LogP contribution is -2.29. The molecule has 100 valence electrons. The predicted octanol–water partition coefficient (Wildman–Crippen LogP) is 2.31. The maximum Gasteiger partial charge on any atom is 0.240 e. The zero-order valence-corrected chi connectivity index (χ0v) is 12.0. The van der Waals surface area contributed by atoms with Crippen molar-refractivity contribution >= 4 is 27.3 Å². The van der Waals surface area contributed by atoms with Crippen molar-refractivity contribution in [3.63, 3.8) is 0 Å². The molecule has 0 spiro atoms. The third-order valence-corrected chi connectivity index (χ3v) is 5.19. The van der Waals surface area contributed by atoms with E-state index < -0.39 is 10.0 Å². The molecule has 1 aliphatic carbocycles. The van der Waals surface area contributed by atoms with Crippen LogP contribution in [0.2, 0.25) is 5.02 Å². The number of hydrogen-bond donors (Lipinski definition) is 2. The van der Waals surface area contributed by atoms with E-state index in [0.29, 0.717) is 22.8 Å². The van der Waals surface area contributed by atoms with Crippen LogP contribution in [0.5, 0.6) is 0 Å². The summed E-state index contributed by atoms with van der Waals surface area (Å²) in [5.41, 5.74) is 6.78. The summed E-state index contributed by atoms with van der Waals surface area (Å²) in [5.74, 6) is 0. The van der Waals surface area contributed by atoms with Crippen molar-refractivity contribution < 1.29 is 8.42 Å². The minimum Gasteiger partial charge on any atom is -0.398 e. The van der Waals surface area contributed by atoms with Gasteiger partial charge in [-0.2, -0.15) is 0 Å². The first-order valence-corrected chi connectivity index (χ1v) is 7.65. The summed E-state index contributed by atoms with van der Waals surface area (Å²) in [6, 6.07) is 2.99. The van der Waals surface area contributed by atoms with Crippen molar-refractivity contribution in [2.45, 2.75) is 31.6 Å². The van der Waals surface area contributed by atoms with Crippen molar-refractivity contribution in [3.05, 3.63) is 22.7 Å². The molecule has 1 aromatic rings. The minimum absolute atomic E-state index is 0.116. The Morgan fingerprint density at radius 2 is 2.06 bits per heavy atom. The maximum atomic E-state index is 12.2. The van der Waals surface area contributed by atoms with Gasteiger partial charge in [-0.15, -0.1) is 0 Å². The predicted molar refractivity (Wildman–Crippen MR) is 73.1 cm³/mol. The summed E-state index contributed by atoms with van der Waals surface area (Å²) in [6.07, 6.45) is 2.12. The molecule has 6 heteroatoms. The fourth-order valence-corrected chi connectivity index (χ4v) is 3.48. The van der Waals surface area contributed by atoms with Crippen LogP contribution in [0.1, 0.15) is 25.3 Å². The highest BCUT2D eigenvalue weighted by molar-refractivity contribution is 7.89. The van der Waals surface area contributed by atoms with Crippen molar-refractivity contribution in [2.24, 2.45) is 5.41 Å². The number of nitrogen functional groups attached to an aromatic ring is 1. The SMILES string of the molecule is Cc1c(N)cc(Cl)cc1S(=O)(=O)NCC1(C)CC1. The number of anilines is 1. The molecule has 1 saturated carbocycles. The van der Waals surface area contributed by atoms with Gasteiger partial charge in [0.1, 0.15) is 0 Å². The topological polar surface area (TPSA) is 72.2 Å². The molecule has 0 aromatic heterocycles. The van der Waals surface area contributed by atoms with Crippen LogP contribution in [-0.4, -0.2) is 15.0 Å². The highest BCUT2D eigenvalue weighted by Crippen LogP contribution is 2.44. The Morgan fingerprint density at radius 3 is 2.61 bits per heavy atom. The number of nitrogens with one attached hydrogen (secondary N) is 1. The van der Waals surface area contributed by atoms with E-state index in [1.54, 1.807) is 13.0 Å². The molecule has 1 aromatic carbocycles. The number of halogens is 1. The Morgan fingerprint density at radius 1 is 1.44 bits per heavy atom. The fraction of sp³-hybridized carbons (Fsp3) is 0.500. The molecule has 1 fully saturated rings. The van der Waals surface area contributed by atoms with Gasteiger partial charge in [0.25, 0.3) is 0 Å². The standard InChI is InChI=1S/C12H17ClN2O2S/c1-8-10(14)5-9(13)6-11(8)18(16,17)15-7-12(2)3-4-12/h5-6,15H,3-4,7,14H2,1-2H3. The van der Waals surface area contributed by atoms with E-state index in [1.807, 2.05) is 0 Å². The quantitative estimate of drug-likeness (QED) is 0.835. The molecule has 4 nitrogen and oxygen atoms in total. The Balaban J connectivity index is 2.29. The van der Waals surface area contributed by atoms with Crippen LogP contribution in [0.4, 0.5) is 5.69 Å². The van der Waals surface area contributed by atoms with E-state index >= 15 is 0 Å². The molecule has 0 bridgehead atoms. The molecule has 0 aliphatic heterocycles. The van der Waals surface area contributed by atoms with Crippen molar-refractivity contribution in [1.29, 1.82) is 0 Å². The largest absolute Gasteiger partial charge is 0.398 e. The second-order valence-electron chi connectivity index (χ2n) is 5.25. The minimum atomic E-state index is -3.54. The van der Waals surface area contributed by atoms with Gasteiger partial charge in [-0.25, -0.2) is 13.1 Å². The first-order chi connectivity index (χ1) is 8.23. The Bertz CT molecular complexity index is 580. The highest BCUT2D eigenvalue weighted by atomic mass is 35.5. The second kappa shape index (κ2) is 4.40. The highest BCUT2D eigenvalue weighted by Gasteiger charge is 2.38. The number of rotatable bonds is 4. The van der Waals surface area contributed by atoms with Gasteiger partial charge in [0.2, 0.25) is 10.0 Å². The molecular formula is C12H17ClN2O2S. The maximum absolute atomic E-state index is 12.2. The smallest absolute Gasteiger partial charge is 0.240 e. The zero-order chi connectivity index (χ0) is 13.6. The van der Waals surface area contributed by atoms with Gasteiger partial charge >= 0.3 is 0 Å². The Hall–Kier alpha value is -0.780. The molecule has 0 heterocycles. The summed E-state index contributed by atoms with van der Waals surface area (Å²) in [7, 11) is -3.54. The van der Waals surface area contributed by atoms with Crippen molar-refractivity contribution in [3.8, 4) is 0 Å². The Labute approximate surface area is 113 Å². The number of nitrogens with two attached hydrogens (primary N) is 1. The first kappa shape index (κ1) is 13.6. The number of benzene rings is 1. The molecule has 0 amide bonds. The average molecular weight is 289 g/mol. The van der Waals surface area contributed by atoms with Crippen LogP contribution < -0.4 is 10.5 Å². The molecule has 0 unspecified atom stereocenters. The lowest BCUT2D eigenvalue weighted by Gasteiger charge is -2.14. The first-order valence-electron chi connectivity index (χ1n) is 5.79. The van der Waals surface area contributed by atoms with Gasteiger partial charge in [0.15, 0.2) is 0 Å². The van der Waals surface area contributed by atoms with Crippen LogP contribution in [0.25, 0.3) is 0 Å². The van der Waals surface area contributed by atoms with Crippen LogP contribution in [0, 0.1) is 12.3 Å². The van der Waals surface area contributed by atoms with Gasteiger partial charge in [-0.05, 0) is 42.9 Å². The van der Waals surface area contributed by atoms with E-state index in [2.05, 4.69) is 11.6 Å². The van der Waals surface area contributed by atoms with Crippen LogP contribution in [-0.2, 0) is 10.0 Å². The monoisotopic (exact) mass is 288 g/mol. The summed E-state index contributed by atoms with van der Waals surface area (Å²) in [4.78, 5) is 0.164. The van der Waals surface area contributed by atoms with Gasteiger partial charge in [0, 0.05) is 17.3 Å².